The molecule has 0 amide bonds. The lowest BCUT2D eigenvalue weighted by atomic mass is 9.96. The summed E-state index contributed by atoms with van der Waals surface area (Å²) in [6, 6.07) is 9.68. The van der Waals surface area contributed by atoms with Crippen molar-refractivity contribution in [2.24, 2.45) is 4.99 Å². The number of H-pyrrole nitrogens is 1. The van der Waals surface area contributed by atoms with Gasteiger partial charge in [-0.25, -0.2) is 4.99 Å². The van der Waals surface area contributed by atoms with Crippen molar-refractivity contribution in [3.8, 4) is 17.6 Å². The van der Waals surface area contributed by atoms with E-state index in [-0.39, 0.29) is 16.2 Å². The van der Waals surface area contributed by atoms with Gasteiger partial charge in [0.15, 0.2) is 4.77 Å². The first-order chi connectivity index (χ1) is 14.0. The molecule has 0 unspecified atom stereocenters. The average Bonchev–Trinajstić information content (AvgIpc) is 3.05. The third kappa shape index (κ3) is 3.55. The quantitative estimate of drug-likeness (QED) is 0.481. The molecule has 146 valence electrons. The molecule has 0 fully saturated rings. The van der Waals surface area contributed by atoms with Crippen LogP contribution in [0.15, 0.2) is 34.1 Å². The second-order valence-electron chi connectivity index (χ2n) is 6.93. The number of nitrogens with one attached hydrogen (secondary N) is 1. The molecule has 3 aromatic rings. The monoisotopic (exact) mass is 422 g/mol. The predicted octanol–water partition coefficient (Wildman–Crippen LogP) is 4.47. The van der Waals surface area contributed by atoms with Crippen LogP contribution in [0.2, 0.25) is 0 Å². The molecule has 0 bridgehead atoms. The minimum atomic E-state index is -0.528. The van der Waals surface area contributed by atoms with Crippen molar-refractivity contribution in [3.05, 3.63) is 66.5 Å². The normalized spacial score (nSPS) is 13.4. The topological polar surface area (TPSA) is 94.2 Å². The highest BCUT2D eigenvalue weighted by atomic mass is 32.1. The number of nitriles is 1. The predicted molar refractivity (Wildman–Crippen MR) is 117 cm³/mol. The largest absolute Gasteiger partial charge is 0.494 e. The van der Waals surface area contributed by atoms with Crippen LogP contribution in [0.4, 0.5) is 5.00 Å². The van der Waals surface area contributed by atoms with Crippen LogP contribution in [0.5, 0.6) is 5.88 Å². The van der Waals surface area contributed by atoms with Gasteiger partial charge in [0.1, 0.15) is 16.6 Å². The molecule has 2 N–H and O–H groups in total. The fourth-order valence-corrected chi connectivity index (χ4v) is 5.01. The van der Waals surface area contributed by atoms with E-state index >= 15 is 0 Å². The van der Waals surface area contributed by atoms with E-state index < -0.39 is 5.56 Å². The molecule has 4 rings (SSSR count). The Balaban J connectivity index is 1.82. The van der Waals surface area contributed by atoms with Crippen LogP contribution in [-0.2, 0) is 12.8 Å². The average molecular weight is 423 g/mol. The van der Waals surface area contributed by atoms with Crippen LogP contribution in [0.1, 0.15) is 40.0 Å². The maximum Gasteiger partial charge on any atom is 0.264 e. The molecule has 2 aromatic heterocycles. The van der Waals surface area contributed by atoms with Gasteiger partial charge in [0.2, 0.25) is 5.88 Å². The first-order valence-electron chi connectivity index (χ1n) is 9.23. The van der Waals surface area contributed by atoms with Gasteiger partial charge in [0.05, 0.1) is 11.3 Å². The Morgan fingerprint density at radius 3 is 2.93 bits per heavy atom. The summed E-state index contributed by atoms with van der Waals surface area (Å²) in [7, 11) is 0. The number of hydrogen-bond donors (Lipinski definition) is 2. The zero-order valence-corrected chi connectivity index (χ0v) is 17.4. The van der Waals surface area contributed by atoms with Gasteiger partial charge in [0, 0.05) is 11.1 Å². The van der Waals surface area contributed by atoms with Crippen molar-refractivity contribution in [1.82, 2.24) is 9.55 Å². The molecular formula is C21H18N4O2S2. The van der Waals surface area contributed by atoms with Crippen molar-refractivity contribution in [3.63, 3.8) is 0 Å². The molecule has 0 aliphatic heterocycles. The summed E-state index contributed by atoms with van der Waals surface area (Å²) in [6.07, 6.45) is 5.33. The first-order valence-corrected chi connectivity index (χ1v) is 10.5. The van der Waals surface area contributed by atoms with Crippen LogP contribution in [0.3, 0.4) is 0 Å². The Hall–Kier alpha value is -3.02. The van der Waals surface area contributed by atoms with Crippen molar-refractivity contribution in [2.45, 2.75) is 32.6 Å². The molecule has 0 atom stereocenters. The molecule has 6 nitrogen and oxygen atoms in total. The minimum Gasteiger partial charge on any atom is -0.494 e. The summed E-state index contributed by atoms with van der Waals surface area (Å²) >= 11 is 6.73. The van der Waals surface area contributed by atoms with E-state index in [1.807, 2.05) is 25.1 Å². The minimum absolute atomic E-state index is 0.00429. The molecule has 29 heavy (non-hydrogen) atoms. The van der Waals surface area contributed by atoms with Gasteiger partial charge in [-0.3, -0.25) is 14.3 Å². The number of hydrogen-bond acceptors (Lipinski definition) is 6. The van der Waals surface area contributed by atoms with Crippen LogP contribution in [0.25, 0.3) is 5.69 Å². The maximum atomic E-state index is 12.4. The van der Waals surface area contributed by atoms with Gasteiger partial charge in [-0.1, -0.05) is 12.1 Å². The third-order valence-corrected chi connectivity index (χ3v) is 6.44. The molecule has 0 radical (unpaired) electrons. The van der Waals surface area contributed by atoms with E-state index in [9.17, 15) is 15.2 Å². The fourth-order valence-electron chi connectivity index (χ4n) is 3.54. The Labute approximate surface area is 176 Å². The molecule has 8 heteroatoms. The first kappa shape index (κ1) is 19.3. The van der Waals surface area contributed by atoms with E-state index in [2.05, 4.69) is 16.0 Å². The van der Waals surface area contributed by atoms with Crippen molar-refractivity contribution in [2.75, 3.05) is 0 Å². The van der Waals surface area contributed by atoms with Crippen LogP contribution >= 0.6 is 23.6 Å². The van der Waals surface area contributed by atoms with Gasteiger partial charge < -0.3 is 5.11 Å². The van der Waals surface area contributed by atoms with Crippen LogP contribution < -0.4 is 5.56 Å². The molecule has 1 aliphatic rings. The highest BCUT2D eigenvalue weighted by molar-refractivity contribution is 7.71. The van der Waals surface area contributed by atoms with Crippen molar-refractivity contribution in [1.29, 1.82) is 5.26 Å². The molecule has 0 saturated carbocycles. The highest BCUT2D eigenvalue weighted by Gasteiger charge is 2.20. The summed E-state index contributed by atoms with van der Waals surface area (Å²) in [5, 5.41) is 20.9. The zero-order valence-electron chi connectivity index (χ0n) is 15.7. The second-order valence-corrected chi connectivity index (χ2v) is 8.40. The van der Waals surface area contributed by atoms with Crippen molar-refractivity contribution >= 4 is 34.8 Å². The lowest BCUT2D eigenvalue weighted by Crippen LogP contribution is -2.18. The Morgan fingerprint density at radius 1 is 1.38 bits per heavy atom. The second kappa shape index (κ2) is 7.78. The molecule has 1 aliphatic carbocycles. The number of aromatic nitrogens is 2. The zero-order chi connectivity index (χ0) is 20.5. The number of aromatic amines is 1. The number of aryl methyl sites for hydroxylation is 2. The van der Waals surface area contributed by atoms with Gasteiger partial charge in [0.25, 0.3) is 5.56 Å². The highest BCUT2D eigenvalue weighted by Crippen LogP contribution is 2.39. The SMILES string of the molecule is Cc1cccc(-n2c(O)c(/C=N/c3sc4c(c3C#N)CCCC4)c(=O)[nH]c2=S)c1. The number of thiophene rings is 1. The van der Waals surface area contributed by atoms with Crippen LogP contribution in [-0.4, -0.2) is 20.9 Å². The maximum absolute atomic E-state index is 12.4. The van der Waals surface area contributed by atoms with E-state index in [4.69, 9.17) is 12.2 Å². The smallest absolute Gasteiger partial charge is 0.264 e. The number of rotatable bonds is 3. The van der Waals surface area contributed by atoms with E-state index in [0.717, 1.165) is 36.8 Å². The Bertz CT molecular complexity index is 1290. The molecule has 0 spiro atoms. The number of aromatic hydroxyl groups is 1. The summed E-state index contributed by atoms with van der Waals surface area (Å²) < 4.78 is 1.50. The van der Waals surface area contributed by atoms with E-state index in [1.165, 1.54) is 27.0 Å². The number of aliphatic imine (C=N–C) groups is 1. The summed E-state index contributed by atoms with van der Waals surface area (Å²) in [5.74, 6) is -0.284. The summed E-state index contributed by atoms with van der Waals surface area (Å²) in [4.78, 5) is 20.6. The molecule has 1 aromatic carbocycles. The molecule has 2 heterocycles. The standard InChI is InChI=1S/C21H18N4O2S2/c1-12-5-4-6-13(9-12)25-20(27)16(18(26)24-21(25)28)11-23-19-15(10-22)14-7-2-3-8-17(14)29-19/h4-6,9,11,27H,2-3,7-8H2,1H3,(H,24,26,28)/b23-11+. The van der Waals surface area contributed by atoms with Gasteiger partial charge in [-0.05, 0) is 68.1 Å². The third-order valence-electron chi connectivity index (χ3n) is 4.96. The summed E-state index contributed by atoms with van der Waals surface area (Å²) in [5.41, 5.74) is 2.75. The van der Waals surface area contributed by atoms with Crippen LogP contribution in [0, 0.1) is 23.0 Å². The van der Waals surface area contributed by atoms with Gasteiger partial charge >= 0.3 is 0 Å². The van der Waals surface area contributed by atoms with Crippen molar-refractivity contribution < 1.29 is 5.11 Å². The number of fused-ring (bicyclic) bond motifs is 1. The van der Waals surface area contributed by atoms with Gasteiger partial charge in [-0.15, -0.1) is 11.3 Å². The number of nitrogens with zero attached hydrogens (tertiary/aromatic N) is 3. The lowest BCUT2D eigenvalue weighted by Gasteiger charge is -2.11. The Kier molecular flexibility index (Phi) is 5.18. The summed E-state index contributed by atoms with van der Waals surface area (Å²) in [6.45, 7) is 1.93. The molecular weight excluding hydrogens is 404 g/mol. The van der Waals surface area contributed by atoms with E-state index in [0.29, 0.717) is 16.3 Å². The molecule has 0 saturated heterocycles. The Morgan fingerprint density at radius 2 is 2.17 bits per heavy atom. The van der Waals surface area contributed by atoms with Gasteiger partial charge in [-0.2, -0.15) is 5.26 Å². The lowest BCUT2D eigenvalue weighted by molar-refractivity contribution is 0.432. The fraction of sp³-hybridized carbons (Fsp3) is 0.238. The van der Waals surface area contributed by atoms with E-state index in [1.54, 1.807) is 6.07 Å². The number of benzene rings is 1.